The lowest BCUT2D eigenvalue weighted by atomic mass is 9.76. The quantitative estimate of drug-likeness (QED) is 0.746. The summed E-state index contributed by atoms with van der Waals surface area (Å²) in [6.07, 6.45) is -2.50. The molecule has 0 saturated heterocycles. The maximum atomic E-state index is 13.6. The molecule has 1 N–H and O–H groups in total. The topological polar surface area (TPSA) is 46.5 Å². The predicted molar refractivity (Wildman–Crippen MR) is 90.1 cm³/mol. The van der Waals surface area contributed by atoms with Crippen molar-refractivity contribution in [3.63, 3.8) is 0 Å². The molecule has 0 spiro atoms. The largest absolute Gasteiger partial charge is 0.466 e. The zero-order chi connectivity index (χ0) is 18.5. The molecule has 0 aliphatic heterocycles. The van der Waals surface area contributed by atoms with Gasteiger partial charge in [-0.1, -0.05) is 58.4 Å². The van der Waals surface area contributed by atoms with Crippen LogP contribution in [0.2, 0.25) is 0 Å². The maximum Gasteiger partial charge on any atom is 0.318 e. The molecule has 5 heteroatoms. The molecule has 136 valence electrons. The molecule has 0 bridgehead atoms. The number of ether oxygens (including phenoxy) is 1. The molecule has 24 heavy (non-hydrogen) atoms. The summed E-state index contributed by atoms with van der Waals surface area (Å²) in [5.74, 6) is -2.97. The van der Waals surface area contributed by atoms with Gasteiger partial charge in [0.15, 0.2) is 5.92 Å². The summed E-state index contributed by atoms with van der Waals surface area (Å²) < 4.78 is 31.9. The number of carbonyl (C=O) groups excluding carboxylic acids is 1. The summed E-state index contributed by atoms with van der Waals surface area (Å²) in [6, 6.07) is 6.88. The number of alkyl halides is 2. The average Bonchev–Trinajstić information content (AvgIpc) is 2.46. The summed E-state index contributed by atoms with van der Waals surface area (Å²) in [6.45, 7) is 9.45. The van der Waals surface area contributed by atoms with Crippen LogP contribution in [-0.4, -0.2) is 24.1 Å². The van der Waals surface area contributed by atoms with Crippen molar-refractivity contribution in [2.45, 2.75) is 64.9 Å². The van der Waals surface area contributed by atoms with Gasteiger partial charge in [0, 0.05) is 0 Å². The standard InChI is InChI=1S/C19H28F2O3/c1-6-12-19(23,15(16(20)21)17(22)24-7-2)14-10-8-13(9-11-14)18(3,4)5/h8-11,15-16,23H,6-7,12H2,1-5H3. The van der Waals surface area contributed by atoms with E-state index in [2.05, 4.69) is 0 Å². The number of carbonyl (C=O) groups is 1. The van der Waals surface area contributed by atoms with E-state index < -0.39 is 23.9 Å². The van der Waals surface area contributed by atoms with Crippen LogP contribution >= 0.6 is 0 Å². The van der Waals surface area contributed by atoms with Crippen molar-refractivity contribution < 1.29 is 23.4 Å². The first-order valence-electron chi connectivity index (χ1n) is 8.36. The Hall–Kier alpha value is -1.49. The van der Waals surface area contributed by atoms with Gasteiger partial charge in [0.2, 0.25) is 0 Å². The van der Waals surface area contributed by atoms with Gasteiger partial charge in [-0.3, -0.25) is 4.79 Å². The molecule has 1 aromatic rings. The molecule has 0 radical (unpaired) electrons. The highest BCUT2D eigenvalue weighted by molar-refractivity contribution is 5.75. The molecule has 0 amide bonds. The number of halogens is 2. The van der Waals surface area contributed by atoms with Gasteiger partial charge in [0.05, 0.1) is 6.61 Å². The molecule has 1 rings (SSSR count). The zero-order valence-electron chi connectivity index (χ0n) is 15.1. The van der Waals surface area contributed by atoms with Crippen molar-refractivity contribution in [1.82, 2.24) is 0 Å². The van der Waals surface area contributed by atoms with Gasteiger partial charge in [-0.25, -0.2) is 8.78 Å². The van der Waals surface area contributed by atoms with Crippen LogP contribution in [0.15, 0.2) is 24.3 Å². The van der Waals surface area contributed by atoms with Gasteiger partial charge in [-0.05, 0) is 29.9 Å². The number of hydrogen-bond donors (Lipinski definition) is 1. The fraction of sp³-hybridized carbons (Fsp3) is 0.632. The summed E-state index contributed by atoms with van der Waals surface area (Å²) >= 11 is 0. The third-order valence-electron chi connectivity index (χ3n) is 4.19. The molecule has 0 fully saturated rings. The molecule has 1 aromatic carbocycles. The van der Waals surface area contributed by atoms with Crippen molar-refractivity contribution in [2.24, 2.45) is 5.92 Å². The van der Waals surface area contributed by atoms with Crippen LogP contribution in [0.1, 0.15) is 58.6 Å². The Morgan fingerprint density at radius 2 is 1.62 bits per heavy atom. The van der Waals surface area contributed by atoms with Gasteiger partial charge in [-0.2, -0.15) is 0 Å². The van der Waals surface area contributed by atoms with Gasteiger partial charge in [-0.15, -0.1) is 0 Å². The zero-order valence-corrected chi connectivity index (χ0v) is 15.1. The number of aliphatic hydroxyl groups is 1. The molecule has 0 heterocycles. The molecule has 2 unspecified atom stereocenters. The number of benzene rings is 1. The molecular weight excluding hydrogens is 314 g/mol. The lowest BCUT2D eigenvalue weighted by molar-refractivity contribution is -0.173. The third-order valence-corrected chi connectivity index (χ3v) is 4.19. The van der Waals surface area contributed by atoms with E-state index in [9.17, 15) is 18.7 Å². The van der Waals surface area contributed by atoms with E-state index in [0.29, 0.717) is 12.0 Å². The van der Waals surface area contributed by atoms with Crippen molar-refractivity contribution in [1.29, 1.82) is 0 Å². The Labute approximate surface area is 143 Å². The van der Waals surface area contributed by atoms with Crippen LogP contribution in [0.4, 0.5) is 8.78 Å². The third kappa shape index (κ3) is 4.53. The van der Waals surface area contributed by atoms with E-state index in [4.69, 9.17) is 4.74 Å². The lowest BCUT2D eigenvalue weighted by Gasteiger charge is -2.35. The monoisotopic (exact) mass is 342 g/mol. The first-order chi connectivity index (χ1) is 11.1. The van der Waals surface area contributed by atoms with E-state index in [1.54, 1.807) is 26.0 Å². The minimum atomic E-state index is -3.01. The van der Waals surface area contributed by atoms with E-state index in [0.717, 1.165) is 5.56 Å². The summed E-state index contributed by atoms with van der Waals surface area (Å²) in [5, 5.41) is 11.0. The predicted octanol–water partition coefficient (Wildman–Crippen LogP) is 4.42. The van der Waals surface area contributed by atoms with Gasteiger partial charge in [0.1, 0.15) is 5.60 Å². The second-order valence-electron chi connectivity index (χ2n) is 7.07. The average molecular weight is 342 g/mol. The molecule has 3 nitrogen and oxygen atoms in total. The maximum absolute atomic E-state index is 13.6. The summed E-state index contributed by atoms with van der Waals surface area (Å²) in [4.78, 5) is 12.0. The summed E-state index contributed by atoms with van der Waals surface area (Å²) in [5.41, 5.74) is -0.707. The smallest absolute Gasteiger partial charge is 0.318 e. The van der Waals surface area contributed by atoms with Crippen LogP contribution in [0.5, 0.6) is 0 Å². The number of rotatable bonds is 7. The fourth-order valence-electron chi connectivity index (χ4n) is 2.86. The van der Waals surface area contributed by atoms with Crippen molar-refractivity contribution in [2.75, 3.05) is 6.61 Å². The second kappa shape index (κ2) is 8.06. The van der Waals surface area contributed by atoms with Crippen molar-refractivity contribution >= 4 is 5.97 Å². The molecule has 2 atom stereocenters. The lowest BCUT2D eigenvalue weighted by Crippen LogP contribution is -2.45. The second-order valence-corrected chi connectivity index (χ2v) is 7.07. The fourth-order valence-corrected chi connectivity index (χ4v) is 2.86. The Bertz CT molecular complexity index is 535. The first-order valence-corrected chi connectivity index (χ1v) is 8.36. The van der Waals surface area contributed by atoms with E-state index >= 15 is 0 Å². The Morgan fingerprint density at radius 1 is 1.12 bits per heavy atom. The minimum absolute atomic E-state index is 0.00673. The van der Waals surface area contributed by atoms with Crippen LogP contribution < -0.4 is 0 Å². The van der Waals surface area contributed by atoms with E-state index in [-0.39, 0.29) is 18.4 Å². The Balaban J connectivity index is 3.33. The highest BCUT2D eigenvalue weighted by Gasteiger charge is 2.49. The van der Waals surface area contributed by atoms with Gasteiger partial charge >= 0.3 is 5.97 Å². The summed E-state index contributed by atoms with van der Waals surface area (Å²) in [7, 11) is 0. The molecule has 0 aromatic heterocycles. The molecule has 0 saturated carbocycles. The molecular formula is C19H28F2O3. The highest BCUT2D eigenvalue weighted by atomic mass is 19.3. The number of esters is 1. The normalized spacial score (nSPS) is 15.9. The van der Waals surface area contributed by atoms with Crippen LogP contribution in [0, 0.1) is 5.92 Å². The van der Waals surface area contributed by atoms with Crippen molar-refractivity contribution in [3.05, 3.63) is 35.4 Å². The highest BCUT2D eigenvalue weighted by Crippen LogP contribution is 2.39. The first kappa shape index (κ1) is 20.6. The SMILES string of the molecule is CCCC(O)(c1ccc(C(C)(C)C)cc1)C(C(=O)OCC)C(F)F. The van der Waals surface area contributed by atoms with Gasteiger partial charge in [0.25, 0.3) is 6.43 Å². The van der Waals surface area contributed by atoms with Crippen molar-refractivity contribution in [3.8, 4) is 0 Å². The van der Waals surface area contributed by atoms with Crippen LogP contribution in [-0.2, 0) is 20.5 Å². The van der Waals surface area contributed by atoms with E-state index in [1.165, 1.54) is 0 Å². The Morgan fingerprint density at radius 3 is 2.00 bits per heavy atom. The number of hydrogen-bond acceptors (Lipinski definition) is 3. The minimum Gasteiger partial charge on any atom is -0.466 e. The van der Waals surface area contributed by atoms with Crippen LogP contribution in [0.25, 0.3) is 0 Å². The van der Waals surface area contributed by atoms with Crippen LogP contribution in [0.3, 0.4) is 0 Å². The molecule has 0 aliphatic rings. The molecule has 0 aliphatic carbocycles. The Kier molecular flexibility index (Phi) is 6.90. The van der Waals surface area contributed by atoms with Gasteiger partial charge < -0.3 is 9.84 Å². The van der Waals surface area contributed by atoms with E-state index in [1.807, 2.05) is 32.9 Å².